The monoisotopic (exact) mass is 294 g/mol. The van der Waals surface area contributed by atoms with Gasteiger partial charge in [0.2, 0.25) is 0 Å². The highest BCUT2D eigenvalue weighted by Gasteiger charge is 2.04. The van der Waals surface area contributed by atoms with Crippen molar-refractivity contribution in [2.24, 2.45) is 0 Å². The molecular weight excluding hydrogens is 276 g/mol. The van der Waals surface area contributed by atoms with Crippen LogP contribution in [-0.2, 0) is 13.1 Å². The van der Waals surface area contributed by atoms with Gasteiger partial charge in [-0.15, -0.1) is 0 Å². The van der Waals surface area contributed by atoms with Gasteiger partial charge in [-0.1, -0.05) is 11.6 Å². The van der Waals surface area contributed by atoms with E-state index >= 15 is 0 Å². The van der Waals surface area contributed by atoms with Crippen LogP contribution in [0.4, 0.5) is 11.4 Å². The summed E-state index contributed by atoms with van der Waals surface area (Å²) in [6.07, 6.45) is 3.71. The van der Waals surface area contributed by atoms with Crippen LogP contribution in [-0.4, -0.2) is 35.6 Å². The Labute approximate surface area is 123 Å². The van der Waals surface area contributed by atoms with Crippen molar-refractivity contribution in [2.75, 3.05) is 30.9 Å². The van der Waals surface area contributed by atoms with Crippen molar-refractivity contribution in [1.82, 2.24) is 9.78 Å². The summed E-state index contributed by atoms with van der Waals surface area (Å²) in [4.78, 5) is 1.98. The van der Waals surface area contributed by atoms with Crippen LogP contribution in [0.3, 0.4) is 0 Å². The molecule has 0 radical (unpaired) electrons. The highest BCUT2D eigenvalue weighted by Crippen LogP contribution is 2.27. The predicted octanol–water partition coefficient (Wildman–Crippen LogP) is 2.21. The Bertz CT molecular complexity index is 568. The normalized spacial score (nSPS) is 10.6. The van der Waals surface area contributed by atoms with E-state index in [0.717, 1.165) is 22.0 Å². The third-order valence-electron chi connectivity index (χ3n) is 2.94. The molecule has 0 aliphatic heterocycles. The molecule has 2 rings (SSSR count). The number of aromatic nitrogens is 2. The highest BCUT2D eigenvalue weighted by atomic mass is 35.5. The van der Waals surface area contributed by atoms with Crippen molar-refractivity contribution < 1.29 is 5.11 Å². The smallest absolute Gasteiger partial charge is 0.0659 e. The number of aliphatic hydroxyl groups excluding tert-OH is 1. The van der Waals surface area contributed by atoms with E-state index in [1.807, 2.05) is 43.4 Å². The minimum absolute atomic E-state index is 0.0934. The quantitative estimate of drug-likeness (QED) is 0.858. The van der Waals surface area contributed by atoms with Gasteiger partial charge in [-0.2, -0.15) is 5.10 Å². The minimum atomic E-state index is 0.0934. The molecule has 0 aliphatic rings. The fourth-order valence-electron chi connectivity index (χ4n) is 1.91. The van der Waals surface area contributed by atoms with E-state index in [4.69, 9.17) is 16.7 Å². The topological polar surface area (TPSA) is 53.3 Å². The van der Waals surface area contributed by atoms with Crippen LogP contribution in [0, 0.1) is 0 Å². The Morgan fingerprint density at radius 3 is 2.85 bits per heavy atom. The Morgan fingerprint density at radius 2 is 2.20 bits per heavy atom. The number of nitrogens with zero attached hydrogens (tertiary/aromatic N) is 3. The van der Waals surface area contributed by atoms with Crippen molar-refractivity contribution in [3.63, 3.8) is 0 Å². The second-order valence-corrected chi connectivity index (χ2v) is 5.16. The number of benzene rings is 1. The number of nitrogens with one attached hydrogen (secondary N) is 1. The first-order chi connectivity index (χ1) is 9.60. The molecule has 5 nitrogen and oxygen atoms in total. The number of anilines is 2. The first kappa shape index (κ1) is 14.7. The van der Waals surface area contributed by atoms with Crippen molar-refractivity contribution >= 4 is 23.0 Å². The van der Waals surface area contributed by atoms with Crippen LogP contribution in [0.25, 0.3) is 0 Å². The lowest BCUT2D eigenvalue weighted by atomic mass is 10.2. The van der Waals surface area contributed by atoms with Gasteiger partial charge in [0.15, 0.2) is 0 Å². The molecule has 2 N–H and O–H groups in total. The average Bonchev–Trinajstić information content (AvgIpc) is 2.84. The molecule has 0 unspecified atom stereocenters. The van der Waals surface area contributed by atoms with Gasteiger partial charge >= 0.3 is 0 Å². The minimum Gasteiger partial charge on any atom is -0.394 e. The molecule has 0 bridgehead atoms. The van der Waals surface area contributed by atoms with E-state index in [0.29, 0.717) is 13.1 Å². The zero-order valence-corrected chi connectivity index (χ0v) is 12.4. The number of halogens is 1. The fraction of sp³-hybridized carbons (Fsp3) is 0.357. The van der Waals surface area contributed by atoms with E-state index in [9.17, 15) is 0 Å². The lowest BCUT2D eigenvalue weighted by Crippen LogP contribution is -2.09. The SMILES string of the molecule is CN(C)c1ccc(NCc2cnn(CCO)c2)cc1Cl. The lowest BCUT2D eigenvalue weighted by molar-refractivity contribution is 0.269. The second kappa shape index (κ2) is 6.63. The van der Waals surface area contributed by atoms with Crippen LogP contribution in [0.2, 0.25) is 5.02 Å². The lowest BCUT2D eigenvalue weighted by Gasteiger charge is -2.15. The van der Waals surface area contributed by atoms with E-state index < -0.39 is 0 Å². The van der Waals surface area contributed by atoms with E-state index in [2.05, 4.69) is 10.4 Å². The summed E-state index contributed by atoms with van der Waals surface area (Å²) >= 11 is 6.23. The van der Waals surface area contributed by atoms with Crippen molar-refractivity contribution in [3.05, 3.63) is 41.2 Å². The van der Waals surface area contributed by atoms with Crippen LogP contribution in [0.5, 0.6) is 0 Å². The van der Waals surface area contributed by atoms with Crippen molar-refractivity contribution in [1.29, 1.82) is 0 Å². The van der Waals surface area contributed by atoms with Crippen LogP contribution in [0.1, 0.15) is 5.56 Å². The summed E-state index contributed by atoms with van der Waals surface area (Å²) in [5.74, 6) is 0. The number of hydrogen-bond donors (Lipinski definition) is 2. The summed E-state index contributed by atoms with van der Waals surface area (Å²) in [6.45, 7) is 1.28. The van der Waals surface area contributed by atoms with Gasteiger partial charge in [-0.05, 0) is 18.2 Å². The summed E-state index contributed by atoms with van der Waals surface area (Å²) in [5.41, 5.74) is 3.02. The Hall–Kier alpha value is -1.72. The molecule has 0 amide bonds. The fourth-order valence-corrected chi connectivity index (χ4v) is 2.26. The number of hydrogen-bond acceptors (Lipinski definition) is 4. The molecule has 0 saturated carbocycles. The molecule has 1 aromatic heterocycles. The second-order valence-electron chi connectivity index (χ2n) is 4.75. The molecule has 1 aromatic carbocycles. The average molecular weight is 295 g/mol. The molecule has 20 heavy (non-hydrogen) atoms. The van der Waals surface area contributed by atoms with Crippen molar-refractivity contribution in [3.8, 4) is 0 Å². The molecular formula is C14H19ClN4O. The summed E-state index contributed by atoms with van der Waals surface area (Å²) in [5, 5.41) is 17.0. The van der Waals surface area contributed by atoms with E-state index in [-0.39, 0.29) is 6.61 Å². The largest absolute Gasteiger partial charge is 0.394 e. The number of aliphatic hydroxyl groups is 1. The molecule has 2 aromatic rings. The molecule has 0 aliphatic carbocycles. The summed E-state index contributed by atoms with van der Waals surface area (Å²) in [7, 11) is 3.92. The third kappa shape index (κ3) is 3.65. The molecule has 0 fully saturated rings. The Morgan fingerprint density at radius 1 is 1.40 bits per heavy atom. The Kier molecular flexibility index (Phi) is 4.87. The van der Waals surface area contributed by atoms with Crippen LogP contribution in [0.15, 0.2) is 30.6 Å². The van der Waals surface area contributed by atoms with Gasteiger partial charge < -0.3 is 15.3 Å². The summed E-state index contributed by atoms with van der Waals surface area (Å²) < 4.78 is 1.72. The van der Waals surface area contributed by atoms with Gasteiger partial charge in [0.25, 0.3) is 0 Å². The van der Waals surface area contributed by atoms with Gasteiger partial charge in [0.1, 0.15) is 0 Å². The molecule has 1 heterocycles. The zero-order chi connectivity index (χ0) is 14.5. The maximum Gasteiger partial charge on any atom is 0.0659 e. The van der Waals surface area contributed by atoms with Gasteiger partial charge in [0, 0.05) is 38.1 Å². The van der Waals surface area contributed by atoms with Crippen LogP contribution < -0.4 is 10.2 Å². The summed E-state index contributed by atoms with van der Waals surface area (Å²) in [6, 6.07) is 5.90. The van der Waals surface area contributed by atoms with Gasteiger partial charge in [-0.3, -0.25) is 4.68 Å². The number of rotatable bonds is 6. The predicted molar refractivity (Wildman–Crippen MR) is 82.4 cm³/mol. The molecule has 0 atom stereocenters. The third-order valence-corrected chi connectivity index (χ3v) is 3.24. The zero-order valence-electron chi connectivity index (χ0n) is 11.7. The molecule has 0 saturated heterocycles. The van der Waals surface area contributed by atoms with Gasteiger partial charge in [0.05, 0.1) is 30.1 Å². The molecule has 108 valence electrons. The molecule has 0 spiro atoms. The van der Waals surface area contributed by atoms with Crippen molar-refractivity contribution in [2.45, 2.75) is 13.1 Å². The van der Waals surface area contributed by atoms with Crippen LogP contribution >= 0.6 is 11.6 Å². The standard InChI is InChI=1S/C14H19ClN4O/c1-18(2)14-4-3-12(7-13(14)15)16-8-11-9-17-19(10-11)5-6-20/h3-4,7,9-10,16,20H,5-6,8H2,1-2H3. The maximum atomic E-state index is 8.84. The maximum absolute atomic E-state index is 8.84. The highest BCUT2D eigenvalue weighted by molar-refractivity contribution is 6.33. The van der Waals surface area contributed by atoms with Gasteiger partial charge in [-0.25, -0.2) is 0 Å². The van der Waals surface area contributed by atoms with E-state index in [1.54, 1.807) is 10.9 Å². The Balaban J connectivity index is 1.98. The van der Waals surface area contributed by atoms with E-state index in [1.165, 1.54) is 0 Å². The first-order valence-corrected chi connectivity index (χ1v) is 6.81. The first-order valence-electron chi connectivity index (χ1n) is 6.43. The molecule has 6 heteroatoms.